The minimum Gasteiger partial charge on any atom is -0.493 e. The Hall–Kier alpha value is -0.540. The van der Waals surface area contributed by atoms with Crippen LogP contribution in [0.4, 0.5) is 0 Å². The molecule has 0 bridgehead atoms. The van der Waals surface area contributed by atoms with Gasteiger partial charge in [-0.1, -0.05) is 36.2 Å². The Labute approximate surface area is 112 Å². The molecule has 1 N–H and O–H groups in total. The predicted molar refractivity (Wildman–Crippen MR) is 74.5 cm³/mol. The number of benzene rings is 1. The van der Waals surface area contributed by atoms with Crippen LogP contribution in [-0.2, 0) is 13.0 Å². The Morgan fingerprint density at radius 2 is 2.29 bits per heavy atom. The fraction of sp³-hybridized carbons (Fsp3) is 0.571. The largest absolute Gasteiger partial charge is 0.493 e. The van der Waals surface area contributed by atoms with E-state index >= 15 is 0 Å². The first kappa shape index (κ1) is 12.9. The molecule has 2 nitrogen and oxygen atoms in total. The molecule has 3 heteroatoms. The maximum Gasteiger partial charge on any atom is 0.127 e. The topological polar surface area (TPSA) is 21.3 Å². The molecule has 1 unspecified atom stereocenters. The highest BCUT2D eigenvalue weighted by molar-refractivity contribution is 9.10. The standard InChI is InChI=1S/C14H20BrNO/c1-3-10(2)8-16-9-12-7-13(15)6-11-4-5-17-14(11)12/h6-7,10,16H,3-5,8-9H2,1-2H3. The third-order valence-electron chi connectivity index (χ3n) is 3.33. The molecule has 94 valence electrons. The predicted octanol–water partition coefficient (Wildman–Crippen LogP) is 3.52. The van der Waals surface area contributed by atoms with Gasteiger partial charge in [-0.3, -0.25) is 0 Å². The van der Waals surface area contributed by atoms with Crippen molar-refractivity contribution in [1.29, 1.82) is 0 Å². The molecule has 1 atom stereocenters. The molecular formula is C14H20BrNO. The van der Waals surface area contributed by atoms with Gasteiger partial charge in [0, 0.05) is 23.0 Å². The second-order valence-electron chi connectivity index (χ2n) is 4.80. The zero-order chi connectivity index (χ0) is 12.3. The van der Waals surface area contributed by atoms with Crippen molar-refractivity contribution >= 4 is 15.9 Å². The van der Waals surface area contributed by atoms with E-state index in [0.717, 1.165) is 42.3 Å². The fourth-order valence-electron chi connectivity index (χ4n) is 2.07. The van der Waals surface area contributed by atoms with Crippen LogP contribution in [0.5, 0.6) is 5.75 Å². The van der Waals surface area contributed by atoms with Crippen LogP contribution >= 0.6 is 15.9 Å². The van der Waals surface area contributed by atoms with Crippen molar-refractivity contribution in [2.75, 3.05) is 13.2 Å². The van der Waals surface area contributed by atoms with Gasteiger partial charge in [0.2, 0.25) is 0 Å². The number of fused-ring (bicyclic) bond motifs is 1. The Morgan fingerprint density at radius 3 is 3.06 bits per heavy atom. The van der Waals surface area contributed by atoms with Gasteiger partial charge >= 0.3 is 0 Å². The normalized spacial score (nSPS) is 15.5. The zero-order valence-corrected chi connectivity index (χ0v) is 12.1. The van der Waals surface area contributed by atoms with Gasteiger partial charge in [0.05, 0.1) is 6.61 Å². The van der Waals surface area contributed by atoms with E-state index in [-0.39, 0.29) is 0 Å². The van der Waals surface area contributed by atoms with Crippen LogP contribution in [0.15, 0.2) is 16.6 Å². The quantitative estimate of drug-likeness (QED) is 0.898. The molecule has 1 heterocycles. The Kier molecular flexibility index (Phi) is 4.46. The number of hydrogen-bond donors (Lipinski definition) is 1. The van der Waals surface area contributed by atoms with Crippen LogP contribution in [-0.4, -0.2) is 13.2 Å². The highest BCUT2D eigenvalue weighted by atomic mass is 79.9. The van der Waals surface area contributed by atoms with Crippen LogP contribution < -0.4 is 10.1 Å². The van der Waals surface area contributed by atoms with E-state index in [9.17, 15) is 0 Å². The number of ether oxygens (including phenoxy) is 1. The van der Waals surface area contributed by atoms with Crippen LogP contribution in [0.25, 0.3) is 0 Å². The molecule has 0 aromatic heterocycles. The Bertz CT molecular complexity index is 392. The zero-order valence-electron chi connectivity index (χ0n) is 10.6. The summed E-state index contributed by atoms with van der Waals surface area (Å²) in [7, 11) is 0. The highest BCUT2D eigenvalue weighted by Crippen LogP contribution is 2.32. The molecular weight excluding hydrogens is 278 g/mol. The molecule has 1 aromatic carbocycles. The van der Waals surface area contributed by atoms with E-state index in [4.69, 9.17) is 4.74 Å². The summed E-state index contributed by atoms with van der Waals surface area (Å²) in [4.78, 5) is 0. The summed E-state index contributed by atoms with van der Waals surface area (Å²) in [6, 6.07) is 4.33. The maximum absolute atomic E-state index is 5.71. The fourth-order valence-corrected chi connectivity index (χ4v) is 2.63. The van der Waals surface area contributed by atoms with E-state index < -0.39 is 0 Å². The van der Waals surface area contributed by atoms with Gasteiger partial charge in [-0.2, -0.15) is 0 Å². The van der Waals surface area contributed by atoms with Gasteiger partial charge in [0.1, 0.15) is 5.75 Å². The molecule has 0 saturated carbocycles. The lowest BCUT2D eigenvalue weighted by Gasteiger charge is -2.12. The Balaban J connectivity index is 2.01. The number of rotatable bonds is 5. The van der Waals surface area contributed by atoms with Crippen molar-refractivity contribution in [3.05, 3.63) is 27.7 Å². The first-order valence-corrected chi connectivity index (χ1v) is 7.14. The van der Waals surface area contributed by atoms with E-state index in [1.807, 2.05) is 0 Å². The lowest BCUT2D eigenvalue weighted by Crippen LogP contribution is -2.20. The molecule has 0 saturated heterocycles. The van der Waals surface area contributed by atoms with Crippen molar-refractivity contribution in [1.82, 2.24) is 5.32 Å². The monoisotopic (exact) mass is 297 g/mol. The molecule has 0 amide bonds. The average Bonchev–Trinajstić information content (AvgIpc) is 2.76. The van der Waals surface area contributed by atoms with Gasteiger partial charge in [0.25, 0.3) is 0 Å². The minimum absolute atomic E-state index is 0.733. The van der Waals surface area contributed by atoms with E-state index in [1.54, 1.807) is 0 Å². The van der Waals surface area contributed by atoms with Gasteiger partial charge in [0.15, 0.2) is 0 Å². The van der Waals surface area contributed by atoms with Gasteiger partial charge < -0.3 is 10.1 Å². The third-order valence-corrected chi connectivity index (χ3v) is 3.79. The second-order valence-corrected chi connectivity index (χ2v) is 5.71. The van der Waals surface area contributed by atoms with Crippen LogP contribution in [0.2, 0.25) is 0 Å². The maximum atomic E-state index is 5.71. The van der Waals surface area contributed by atoms with Crippen molar-refractivity contribution in [3.63, 3.8) is 0 Å². The number of nitrogens with one attached hydrogen (secondary N) is 1. The van der Waals surface area contributed by atoms with Gasteiger partial charge in [-0.25, -0.2) is 0 Å². The van der Waals surface area contributed by atoms with Crippen molar-refractivity contribution in [2.24, 2.45) is 5.92 Å². The average molecular weight is 298 g/mol. The molecule has 0 aliphatic carbocycles. The molecule has 0 spiro atoms. The van der Waals surface area contributed by atoms with E-state index in [2.05, 4.69) is 47.2 Å². The lowest BCUT2D eigenvalue weighted by atomic mass is 10.1. The van der Waals surface area contributed by atoms with Crippen molar-refractivity contribution in [2.45, 2.75) is 33.2 Å². The number of halogens is 1. The summed E-state index contributed by atoms with van der Waals surface area (Å²) in [6.45, 7) is 7.29. The van der Waals surface area contributed by atoms with Gasteiger partial charge in [-0.05, 0) is 30.2 Å². The SMILES string of the molecule is CCC(C)CNCc1cc(Br)cc2c1OCC2. The minimum atomic E-state index is 0.733. The van der Waals surface area contributed by atoms with Crippen LogP contribution in [0, 0.1) is 5.92 Å². The smallest absolute Gasteiger partial charge is 0.127 e. The number of hydrogen-bond acceptors (Lipinski definition) is 2. The van der Waals surface area contributed by atoms with E-state index in [1.165, 1.54) is 17.5 Å². The molecule has 17 heavy (non-hydrogen) atoms. The highest BCUT2D eigenvalue weighted by Gasteiger charge is 2.17. The molecule has 1 aliphatic heterocycles. The molecule has 1 aromatic rings. The van der Waals surface area contributed by atoms with Crippen molar-refractivity contribution in [3.8, 4) is 5.75 Å². The molecule has 0 fully saturated rings. The Morgan fingerprint density at radius 1 is 1.47 bits per heavy atom. The lowest BCUT2D eigenvalue weighted by molar-refractivity contribution is 0.352. The summed E-state index contributed by atoms with van der Waals surface area (Å²) in [5.41, 5.74) is 2.61. The molecule has 1 aliphatic rings. The summed E-state index contributed by atoms with van der Waals surface area (Å²) in [5, 5.41) is 3.51. The first-order valence-electron chi connectivity index (χ1n) is 6.35. The third kappa shape index (κ3) is 3.23. The summed E-state index contributed by atoms with van der Waals surface area (Å²) < 4.78 is 6.86. The summed E-state index contributed by atoms with van der Waals surface area (Å²) in [6.07, 6.45) is 2.26. The van der Waals surface area contributed by atoms with E-state index in [0.29, 0.717) is 0 Å². The van der Waals surface area contributed by atoms with Crippen molar-refractivity contribution < 1.29 is 4.74 Å². The summed E-state index contributed by atoms with van der Waals surface area (Å²) >= 11 is 3.57. The molecule has 2 rings (SSSR count). The summed E-state index contributed by atoms with van der Waals surface area (Å²) in [5.74, 6) is 1.83. The second kappa shape index (κ2) is 5.87. The van der Waals surface area contributed by atoms with Gasteiger partial charge in [-0.15, -0.1) is 0 Å². The molecule has 0 radical (unpaired) electrons. The van der Waals surface area contributed by atoms with Crippen LogP contribution in [0.3, 0.4) is 0 Å². The first-order chi connectivity index (χ1) is 8.20. The van der Waals surface area contributed by atoms with Crippen LogP contribution in [0.1, 0.15) is 31.4 Å².